The van der Waals surface area contributed by atoms with Crippen molar-refractivity contribution in [1.82, 2.24) is 9.97 Å². The predicted octanol–water partition coefficient (Wildman–Crippen LogP) is 6.70. The van der Waals surface area contributed by atoms with E-state index in [0.29, 0.717) is 5.13 Å². The van der Waals surface area contributed by atoms with Gasteiger partial charge in [-0.3, -0.25) is 9.69 Å². The Morgan fingerprint density at radius 1 is 0.967 bits per heavy atom. The first kappa shape index (κ1) is 19.1. The van der Waals surface area contributed by atoms with E-state index < -0.39 is 0 Å². The second-order valence-corrected chi connectivity index (χ2v) is 9.59. The van der Waals surface area contributed by atoms with E-state index in [0.717, 1.165) is 37.0 Å². The van der Waals surface area contributed by atoms with Crippen molar-refractivity contribution < 1.29 is 4.79 Å². The number of para-hydroxylation sites is 2. The van der Waals surface area contributed by atoms with E-state index in [1.54, 1.807) is 27.6 Å². The lowest BCUT2D eigenvalue weighted by atomic mass is 10.1. The molecule has 3 heterocycles. The van der Waals surface area contributed by atoms with Crippen LogP contribution in [-0.2, 0) is 11.2 Å². The Bertz CT molecular complexity index is 1290. The van der Waals surface area contributed by atoms with E-state index in [1.807, 2.05) is 72.3 Å². The lowest BCUT2D eigenvalue weighted by Crippen LogP contribution is -2.28. The molecular weight excluding hydrogens is 430 g/mol. The molecule has 5 aromatic rings. The number of aromatic nitrogens is 2. The highest BCUT2D eigenvalue weighted by molar-refractivity contribution is 7.22. The zero-order chi connectivity index (χ0) is 20.5. The van der Waals surface area contributed by atoms with Gasteiger partial charge < -0.3 is 0 Å². The monoisotopic (exact) mass is 447 g/mol. The first-order valence-electron chi connectivity index (χ1n) is 9.41. The van der Waals surface area contributed by atoms with Gasteiger partial charge >= 0.3 is 0 Å². The van der Waals surface area contributed by atoms with Crippen molar-refractivity contribution in [3.63, 3.8) is 0 Å². The zero-order valence-electron chi connectivity index (χ0n) is 16.1. The van der Waals surface area contributed by atoms with Gasteiger partial charge in [-0.05, 0) is 42.1 Å². The molecule has 5 rings (SSSR count). The topological polar surface area (TPSA) is 46.1 Å². The molecule has 1 amide bonds. The molecule has 0 saturated carbocycles. The highest BCUT2D eigenvalue weighted by Crippen LogP contribution is 2.35. The smallest absolute Gasteiger partial charge is 0.239 e. The Kier molecular flexibility index (Phi) is 5.16. The minimum atomic E-state index is -0.0358. The van der Waals surface area contributed by atoms with Crippen LogP contribution in [0.15, 0.2) is 71.4 Å². The van der Waals surface area contributed by atoms with Crippen LogP contribution in [0.1, 0.15) is 11.3 Å². The molecule has 0 aliphatic heterocycles. The van der Waals surface area contributed by atoms with Crippen molar-refractivity contribution in [1.29, 1.82) is 0 Å². The molecule has 0 saturated heterocycles. The van der Waals surface area contributed by atoms with Crippen LogP contribution in [0.2, 0.25) is 0 Å². The molecule has 0 unspecified atom stereocenters. The van der Waals surface area contributed by atoms with E-state index in [2.05, 4.69) is 6.07 Å². The van der Waals surface area contributed by atoms with E-state index in [9.17, 15) is 4.79 Å². The molecule has 0 fully saturated rings. The fourth-order valence-electron chi connectivity index (χ4n) is 3.25. The number of thiazole rings is 2. The van der Waals surface area contributed by atoms with Gasteiger partial charge in [0.2, 0.25) is 5.91 Å². The third-order valence-corrected chi connectivity index (χ3v) is 7.65. The van der Waals surface area contributed by atoms with Crippen molar-refractivity contribution >= 4 is 61.0 Å². The largest absolute Gasteiger partial charge is 0.274 e. The molecule has 0 spiro atoms. The first-order chi connectivity index (χ1) is 14.7. The number of nitrogens with zero attached hydrogens (tertiary/aromatic N) is 3. The fraction of sp³-hybridized carbons (Fsp3) is 0.0870. The normalized spacial score (nSPS) is 11.1. The minimum Gasteiger partial charge on any atom is -0.274 e. The van der Waals surface area contributed by atoms with Crippen LogP contribution in [0.3, 0.4) is 0 Å². The summed E-state index contributed by atoms with van der Waals surface area (Å²) >= 11 is 4.76. The molecule has 0 aliphatic carbocycles. The van der Waals surface area contributed by atoms with E-state index in [-0.39, 0.29) is 12.3 Å². The Labute approximate surface area is 186 Å². The second kappa shape index (κ2) is 8.10. The number of anilines is 2. The van der Waals surface area contributed by atoms with Crippen molar-refractivity contribution in [3.8, 4) is 9.88 Å². The van der Waals surface area contributed by atoms with Gasteiger partial charge in [-0.2, -0.15) is 0 Å². The van der Waals surface area contributed by atoms with Crippen LogP contribution < -0.4 is 4.90 Å². The highest BCUT2D eigenvalue weighted by Gasteiger charge is 2.24. The van der Waals surface area contributed by atoms with Gasteiger partial charge in [0.15, 0.2) is 5.13 Å². The van der Waals surface area contributed by atoms with Gasteiger partial charge in [0, 0.05) is 5.38 Å². The maximum atomic E-state index is 13.5. The molecule has 3 aromatic heterocycles. The maximum Gasteiger partial charge on any atom is 0.239 e. The lowest BCUT2D eigenvalue weighted by molar-refractivity contribution is -0.117. The Morgan fingerprint density at radius 2 is 1.80 bits per heavy atom. The van der Waals surface area contributed by atoms with Gasteiger partial charge in [0.05, 0.1) is 32.9 Å². The van der Waals surface area contributed by atoms with Crippen LogP contribution in [0.4, 0.5) is 10.8 Å². The van der Waals surface area contributed by atoms with Crippen molar-refractivity contribution in [2.45, 2.75) is 13.3 Å². The van der Waals surface area contributed by atoms with Crippen LogP contribution in [-0.4, -0.2) is 15.9 Å². The summed E-state index contributed by atoms with van der Waals surface area (Å²) in [6.45, 7) is 2.01. The van der Waals surface area contributed by atoms with E-state index >= 15 is 0 Å². The third kappa shape index (κ3) is 3.67. The summed E-state index contributed by atoms with van der Waals surface area (Å²) in [7, 11) is 0. The van der Waals surface area contributed by atoms with Gasteiger partial charge in [0.1, 0.15) is 5.01 Å². The molecule has 4 nitrogen and oxygen atoms in total. The minimum absolute atomic E-state index is 0.0358. The molecule has 148 valence electrons. The van der Waals surface area contributed by atoms with E-state index in [4.69, 9.17) is 9.97 Å². The summed E-state index contributed by atoms with van der Waals surface area (Å²) in [6.07, 6.45) is 0.228. The average Bonchev–Trinajstić information content (AvgIpc) is 3.50. The standard InChI is InChI=1S/C23H17N3OS3/c1-15-7-2-4-9-18(15)26(23-25-17-8-3-5-10-19(17)30-23)21(27)13-16-14-29-22(24-16)20-11-6-12-28-20/h2-12,14H,13H2,1H3. The van der Waals surface area contributed by atoms with Gasteiger partial charge in [-0.1, -0.05) is 47.7 Å². The van der Waals surface area contributed by atoms with Crippen LogP contribution in [0.5, 0.6) is 0 Å². The molecule has 0 bridgehead atoms. The number of fused-ring (bicyclic) bond motifs is 1. The third-order valence-electron chi connectivity index (χ3n) is 4.70. The molecule has 0 aliphatic rings. The summed E-state index contributed by atoms with van der Waals surface area (Å²) in [5.41, 5.74) is 3.57. The second-order valence-electron chi connectivity index (χ2n) is 6.78. The predicted molar refractivity (Wildman–Crippen MR) is 127 cm³/mol. The Balaban J connectivity index is 1.51. The number of thiophene rings is 1. The summed E-state index contributed by atoms with van der Waals surface area (Å²) < 4.78 is 1.06. The number of benzene rings is 2. The average molecular weight is 448 g/mol. The quantitative estimate of drug-likeness (QED) is 0.301. The van der Waals surface area contributed by atoms with Crippen LogP contribution >= 0.6 is 34.0 Å². The summed E-state index contributed by atoms with van der Waals surface area (Å²) in [6, 6.07) is 19.9. The van der Waals surface area contributed by atoms with Crippen LogP contribution in [0.25, 0.3) is 20.1 Å². The molecule has 30 heavy (non-hydrogen) atoms. The molecule has 2 aromatic carbocycles. The Morgan fingerprint density at radius 3 is 2.60 bits per heavy atom. The van der Waals surface area contributed by atoms with Crippen molar-refractivity contribution in [2.24, 2.45) is 0 Å². The van der Waals surface area contributed by atoms with Crippen molar-refractivity contribution in [2.75, 3.05) is 4.90 Å². The summed E-state index contributed by atoms with van der Waals surface area (Å²) in [5.74, 6) is -0.0358. The van der Waals surface area contributed by atoms with Crippen LogP contribution in [0, 0.1) is 6.92 Å². The summed E-state index contributed by atoms with van der Waals surface area (Å²) in [4.78, 5) is 25.8. The highest BCUT2D eigenvalue weighted by atomic mass is 32.1. The van der Waals surface area contributed by atoms with Gasteiger partial charge in [0.25, 0.3) is 0 Å². The number of hydrogen-bond acceptors (Lipinski definition) is 6. The first-order valence-corrected chi connectivity index (χ1v) is 12.0. The van der Waals surface area contributed by atoms with E-state index in [1.165, 1.54) is 11.3 Å². The number of hydrogen-bond donors (Lipinski definition) is 0. The Hall–Kier alpha value is -2.87. The molecule has 0 radical (unpaired) electrons. The zero-order valence-corrected chi connectivity index (χ0v) is 18.6. The molecule has 7 heteroatoms. The maximum absolute atomic E-state index is 13.5. The molecule has 0 atom stereocenters. The number of carbonyl (C=O) groups is 1. The fourth-order valence-corrected chi connectivity index (χ4v) is 5.88. The van der Waals surface area contributed by atoms with Crippen molar-refractivity contribution in [3.05, 3.63) is 82.7 Å². The number of amides is 1. The SMILES string of the molecule is Cc1ccccc1N(C(=O)Cc1csc(-c2cccs2)n1)c1nc2ccccc2s1. The van der Waals surface area contributed by atoms with Gasteiger partial charge in [-0.15, -0.1) is 22.7 Å². The number of rotatable bonds is 5. The lowest BCUT2D eigenvalue weighted by Gasteiger charge is -2.21. The summed E-state index contributed by atoms with van der Waals surface area (Å²) in [5, 5.41) is 5.65. The number of aryl methyl sites for hydroxylation is 1. The van der Waals surface area contributed by atoms with Gasteiger partial charge in [-0.25, -0.2) is 9.97 Å². The molecular formula is C23H17N3OS3. The molecule has 0 N–H and O–H groups in total. The number of carbonyl (C=O) groups excluding carboxylic acids is 1.